The number of halogens is 3. The number of nitrogen functional groups attached to an aromatic ring is 1. The Morgan fingerprint density at radius 3 is 2.30 bits per heavy atom. The molecule has 0 unspecified atom stereocenters. The zero-order chi connectivity index (χ0) is 5.98. The Kier molecular flexibility index (Phi) is 7.97. The molecule has 0 aliphatic rings. The molecule has 0 fully saturated rings. The van der Waals surface area contributed by atoms with E-state index in [1.807, 2.05) is 0 Å². The van der Waals surface area contributed by atoms with E-state index in [1.165, 1.54) is 0 Å². The third-order valence-electron chi connectivity index (χ3n) is 0.796. The molecule has 0 amide bonds. The summed E-state index contributed by atoms with van der Waals surface area (Å²) in [6.07, 6.45) is 3.28. The fraction of sp³-hybridized carbons (Fsp3) is 0. The number of hydrogen-bond donors (Lipinski definition) is 1. The molecule has 2 nitrogen and oxygen atoms in total. The maximum atomic E-state index is 5.41. The van der Waals surface area contributed by atoms with Gasteiger partial charge in [-0.25, -0.2) is 0 Å². The van der Waals surface area contributed by atoms with Crippen LogP contribution in [0.4, 0.5) is 5.69 Å². The van der Waals surface area contributed by atoms with Crippen molar-refractivity contribution in [3.05, 3.63) is 22.9 Å². The molecule has 58 valence electrons. The maximum Gasteiger partial charge on any atom is 0.0644 e. The fourth-order valence-electron chi connectivity index (χ4n) is 0.390. The van der Waals surface area contributed by atoms with Gasteiger partial charge in [-0.15, -0.1) is 34.0 Å². The highest BCUT2D eigenvalue weighted by atomic mass is 79.9. The Balaban J connectivity index is 0. The minimum Gasteiger partial charge on any atom is -0.397 e. The summed E-state index contributed by atoms with van der Waals surface area (Å²) < 4.78 is 0.896. The SMILES string of the molecule is Br.Br.Nc1cnccc1Br. The number of aromatic nitrogens is 1. The molecule has 10 heavy (non-hydrogen) atoms. The monoisotopic (exact) mass is 332 g/mol. The van der Waals surface area contributed by atoms with Crippen molar-refractivity contribution >= 4 is 55.6 Å². The maximum absolute atomic E-state index is 5.41. The van der Waals surface area contributed by atoms with Crippen LogP contribution in [0.2, 0.25) is 0 Å². The third kappa shape index (κ3) is 3.53. The molecular weight excluding hydrogens is 328 g/mol. The molecule has 0 saturated carbocycles. The Labute approximate surface area is 88.9 Å². The number of pyridine rings is 1. The minimum absolute atomic E-state index is 0. The van der Waals surface area contributed by atoms with Crippen LogP contribution in [0.3, 0.4) is 0 Å². The lowest BCUT2D eigenvalue weighted by atomic mass is 10.4. The van der Waals surface area contributed by atoms with Gasteiger partial charge < -0.3 is 5.73 Å². The molecule has 0 radical (unpaired) electrons. The largest absolute Gasteiger partial charge is 0.397 e. The lowest BCUT2D eigenvalue weighted by Crippen LogP contribution is -1.85. The van der Waals surface area contributed by atoms with Crippen molar-refractivity contribution in [2.75, 3.05) is 5.73 Å². The van der Waals surface area contributed by atoms with Crippen LogP contribution in [0.1, 0.15) is 0 Å². The van der Waals surface area contributed by atoms with Crippen molar-refractivity contribution in [2.24, 2.45) is 0 Å². The van der Waals surface area contributed by atoms with Gasteiger partial charge in [0.25, 0.3) is 0 Å². The predicted octanol–water partition coefficient (Wildman–Crippen LogP) is 2.58. The van der Waals surface area contributed by atoms with Crippen LogP contribution >= 0.6 is 49.9 Å². The Bertz CT molecular complexity index is 171. The molecule has 0 atom stereocenters. The molecule has 0 bridgehead atoms. The number of anilines is 1. The van der Waals surface area contributed by atoms with E-state index in [4.69, 9.17) is 5.73 Å². The van der Waals surface area contributed by atoms with E-state index < -0.39 is 0 Å². The predicted molar refractivity (Wildman–Crippen MR) is 57.0 cm³/mol. The van der Waals surface area contributed by atoms with Gasteiger partial charge in [0.1, 0.15) is 0 Å². The first kappa shape index (κ1) is 13.0. The molecule has 1 aromatic rings. The molecule has 5 heteroatoms. The van der Waals surface area contributed by atoms with Gasteiger partial charge >= 0.3 is 0 Å². The highest BCUT2D eigenvalue weighted by Crippen LogP contribution is 2.14. The van der Waals surface area contributed by atoms with Gasteiger partial charge in [0, 0.05) is 10.7 Å². The fourth-order valence-corrected chi connectivity index (χ4v) is 0.610. The Morgan fingerprint density at radius 1 is 1.40 bits per heavy atom. The third-order valence-corrected chi connectivity index (χ3v) is 1.52. The van der Waals surface area contributed by atoms with Gasteiger partial charge in [0.2, 0.25) is 0 Å². The van der Waals surface area contributed by atoms with Gasteiger partial charge in [-0.2, -0.15) is 0 Å². The summed E-state index contributed by atoms with van der Waals surface area (Å²) >= 11 is 3.23. The van der Waals surface area contributed by atoms with Crippen molar-refractivity contribution in [1.29, 1.82) is 0 Å². The highest BCUT2D eigenvalue weighted by Gasteiger charge is 1.87. The number of hydrogen-bond acceptors (Lipinski definition) is 2. The molecular formula is C5H7Br3N2. The van der Waals surface area contributed by atoms with E-state index >= 15 is 0 Å². The summed E-state index contributed by atoms with van der Waals surface area (Å²) in [6.45, 7) is 0. The standard InChI is InChI=1S/C5H5BrN2.2BrH/c6-4-1-2-8-3-5(4)7;;/h1-3H,7H2;2*1H. The van der Waals surface area contributed by atoms with E-state index in [9.17, 15) is 0 Å². The zero-order valence-electron chi connectivity index (χ0n) is 4.95. The average Bonchev–Trinajstić information content (AvgIpc) is 1.77. The van der Waals surface area contributed by atoms with Crippen LogP contribution in [0, 0.1) is 0 Å². The summed E-state index contributed by atoms with van der Waals surface area (Å²) in [4.78, 5) is 3.79. The zero-order valence-corrected chi connectivity index (χ0v) is 9.96. The normalized spacial score (nSPS) is 7.30. The average molecular weight is 335 g/mol. The number of nitrogens with two attached hydrogens (primary N) is 1. The van der Waals surface area contributed by atoms with Gasteiger partial charge in [0.05, 0.1) is 11.9 Å². The van der Waals surface area contributed by atoms with Crippen LogP contribution in [-0.2, 0) is 0 Å². The molecule has 1 rings (SSSR count). The summed E-state index contributed by atoms with van der Waals surface area (Å²) in [7, 11) is 0. The first-order chi connectivity index (χ1) is 3.80. The van der Waals surface area contributed by atoms with Crippen LogP contribution in [0.25, 0.3) is 0 Å². The molecule has 1 heterocycles. The van der Waals surface area contributed by atoms with Crippen LogP contribution < -0.4 is 5.73 Å². The summed E-state index contributed by atoms with van der Waals surface area (Å²) in [6, 6.07) is 1.80. The van der Waals surface area contributed by atoms with Crippen LogP contribution in [-0.4, -0.2) is 4.98 Å². The van der Waals surface area contributed by atoms with E-state index in [2.05, 4.69) is 20.9 Å². The van der Waals surface area contributed by atoms with E-state index in [1.54, 1.807) is 18.5 Å². The van der Waals surface area contributed by atoms with Crippen molar-refractivity contribution in [1.82, 2.24) is 4.98 Å². The van der Waals surface area contributed by atoms with Crippen molar-refractivity contribution in [2.45, 2.75) is 0 Å². The summed E-state index contributed by atoms with van der Waals surface area (Å²) in [5, 5.41) is 0. The molecule has 1 aromatic heterocycles. The first-order valence-corrected chi connectivity index (χ1v) is 2.95. The van der Waals surface area contributed by atoms with Gasteiger partial charge in [-0.1, -0.05) is 0 Å². The molecule has 0 spiro atoms. The van der Waals surface area contributed by atoms with Gasteiger partial charge in [0.15, 0.2) is 0 Å². The smallest absolute Gasteiger partial charge is 0.0644 e. The Morgan fingerprint density at radius 2 is 2.00 bits per heavy atom. The summed E-state index contributed by atoms with van der Waals surface area (Å²) in [5.41, 5.74) is 6.08. The van der Waals surface area contributed by atoms with E-state index in [0.717, 1.165) is 4.47 Å². The second-order valence-corrected chi connectivity index (χ2v) is 2.25. The second-order valence-electron chi connectivity index (χ2n) is 1.40. The lowest BCUT2D eigenvalue weighted by Gasteiger charge is -1.91. The van der Waals surface area contributed by atoms with E-state index in [0.29, 0.717) is 5.69 Å². The lowest BCUT2D eigenvalue weighted by molar-refractivity contribution is 1.32. The Hall–Kier alpha value is 0.390. The van der Waals surface area contributed by atoms with Crippen LogP contribution in [0.15, 0.2) is 22.9 Å². The van der Waals surface area contributed by atoms with Crippen LogP contribution in [0.5, 0.6) is 0 Å². The number of nitrogens with zero attached hydrogens (tertiary/aromatic N) is 1. The minimum atomic E-state index is 0. The van der Waals surface area contributed by atoms with Crippen molar-refractivity contribution < 1.29 is 0 Å². The van der Waals surface area contributed by atoms with E-state index in [-0.39, 0.29) is 34.0 Å². The van der Waals surface area contributed by atoms with Crippen molar-refractivity contribution in [3.63, 3.8) is 0 Å². The van der Waals surface area contributed by atoms with Gasteiger partial charge in [-0.3, -0.25) is 4.98 Å². The molecule has 0 aliphatic heterocycles. The number of rotatable bonds is 0. The first-order valence-electron chi connectivity index (χ1n) is 2.15. The van der Waals surface area contributed by atoms with Gasteiger partial charge in [-0.05, 0) is 22.0 Å². The molecule has 0 saturated heterocycles. The highest BCUT2D eigenvalue weighted by molar-refractivity contribution is 9.10. The topological polar surface area (TPSA) is 38.9 Å². The molecule has 0 aliphatic carbocycles. The molecule has 2 N–H and O–H groups in total. The molecule has 0 aromatic carbocycles. The quantitative estimate of drug-likeness (QED) is 0.792. The second kappa shape index (κ2) is 6.12. The van der Waals surface area contributed by atoms with Crippen molar-refractivity contribution in [3.8, 4) is 0 Å². The summed E-state index contributed by atoms with van der Waals surface area (Å²) in [5.74, 6) is 0.